The summed E-state index contributed by atoms with van der Waals surface area (Å²) in [5.74, 6) is 2.22. The van der Waals surface area contributed by atoms with Gasteiger partial charge in [0.15, 0.2) is 0 Å². The van der Waals surface area contributed by atoms with E-state index in [9.17, 15) is 14.9 Å². The second kappa shape index (κ2) is 10.5. The molecule has 0 saturated carbocycles. The Kier molecular flexibility index (Phi) is 7.89. The minimum Gasteiger partial charge on any atom is -0.353 e. The number of non-ortho nitro benzene ring substituents is 1. The van der Waals surface area contributed by atoms with Gasteiger partial charge >= 0.3 is 0 Å². The van der Waals surface area contributed by atoms with Crippen LogP contribution in [-0.2, 0) is 11.2 Å². The van der Waals surface area contributed by atoms with Crippen molar-refractivity contribution in [1.82, 2.24) is 14.9 Å². The lowest BCUT2D eigenvalue weighted by atomic mass is 9.84. The molecule has 0 bridgehead atoms. The number of piperazine rings is 1. The molecule has 2 aromatic rings. The summed E-state index contributed by atoms with van der Waals surface area (Å²) in [6, 6.07) is 6.64. The highest BCUT2D eigenvalue weighted by atomic mass is 16.6. The Morgan fingerprint density at radius 3 is 2.26 bits per heavy atom. The van der Waals surface area contributed by atoms with Crippen LogP contribution < -0.4 is 4.90 Å². The molecule has 184 valence electrons. The summed E-state index contributed by atoms with van der Waals surface area (Å²) >= 11 is 0. The van der Waals surface area contributed by atoms with Gasteiger partial charge in [-0.05, 0) is 37.2 Å². The molecular weight excluding hydrogens is 430 g/mol. The number of hydrogen-bond acceptors (Lipinski definition) is 6. The zero-order chi connectivity index (χ0) is 25.0. The summed E-state index contributed by atoms with van der Waals surface area (Å²) in [5.41, 5.74) is 3.22. The van der Waals surface area contributed by atoms with Crippen molar-refractivity contribution in [2.24, 2.45) is 11.3 Å². The summed E-state index contributed by atoms with van der Waals surface area (Å²) in [6.07, 6.45) is 2.22. The van der Waals surface area contributed by atoms with Gasteiger partial charge in [0.25, 0.3) is 5.69 Å². The van der Waals surface area contributed by atoms with Gasteiger partial charge in [0, 0.05) is 62.4 Å². The highest BCUT2D eigenvalue weighted by molar-refractivity contribution is 5.76. The highest BCUT2D eigenvalue weighted by Crippen LogP contribution is 2.28. The molecule has 8 nitrogen and oxygen atoms in total. The van der Waals surface area contributed by atoms with Crippen LogP contribution in [0.25, 0.3) is 0 Å². The zero-order valence-corrected chi connectivity index (χ0v) is 21.3. The van der Waals surface area contributed by atoms with Crippen molar-refractivity contribution < 1.29 is 9.72 Å². The van der Waals surface area contributed by atoms with Crippen LogP contribution in [0.4, 0.5) is 11.5 Å². The number of aryl methyl sites for hydroxylation is 2. The molecule has 1 saturated heterocycles. The first kappa shape index (κ1) is 25.6. The lowest BCUT2D eigenvalue weighted by molar-refractivity contribution is -0.384. The topological polar surface area (TPSA) is 92.5 Å². The Morgan fingerprint density at radius 1 is 1.09 bits per heavy atom. The number of benzene rings is 1. The van der Waals surface area contributed by atoms with E-state index in [1.54, 1.807) is 12.1 Å². The van der Waals surface area contributed by atoms with Crippen LogP contribution >= 0.6 is 0 Å². The van der Waals surface area contributed by atoms with Crippen LogP contribution in [0.3, 0.4) is 0 Å². The van der Waals surface area contributed by atoms with Gasteiger partial charge in [-0.3, -0.25) is 14.9 Å². The lowest BCUT2D eigenvalue weighted by Gasteiger charge is -2.37. The Bertz CT molecular complexity index is 1020. The van der Waals surface area contributed by atoms with Crippen LogP contribution in [-0.4, -0.2) is 51.9 Å². The van der Waals surface area contributed by atoms with E-state index >= 15 is 0 Å². The number of nitro groups is 1. The monoisotopic (exact) mass is 467 g/mol. The van der Waals surface area contributed by atoms with Crippen molar-refractivity contribution >= 4 is 17.4 Å². The van der Waals surface area contributed by atoms with Gasteiger partial charge < -0.3 is 9.80 Å². The third kappa shape index (κ3) is 6.74. The van der Waals surface area contributed by atoms with Crippen molar-refractivity contribution in [3.63, 3.8) is 0 Å². The molecule has 1 aliphatic rings. The van der Waals surface area contributed by atoms with Crippen molar-refractivity contribution in [1.29, 1.82) is 0 Å². The van der Waals surface area contributed by atoms with E-state index in [0.717, 1.165) is 48.0 Å². The number of carbonyl (C=O) groups is 1. The van der Waals surface area contributed by atoms with Gasteiger partial charge in [0.1, 0.15) is 11.6 Å². The molecule has 2 heterocycles. The van der Waals surface area contributed by atoms with E-state index in [1.807, 2.05) is 18.7 Å². The number of nitrogens with zero attached hydrogens (tertiary/aromatic N) is 5. The molecule has 1 atom stereocenters. The average molecular weight is 468 g/mol. The SMILES string of the molecule is Cc1nc(C)c(Cc2ccc([N+](=O)[O-])cc2)c(N2CCN(C(=O)C[C@H](C)CC(C)(C)C)CC2)n1. The van der Waals surface area contributed by atoms with E-state index in [0.29, 0.717) is 31.8 Å². The van der Waals surface area contributed by atoms with Crippen molar-refractivity contribution in [2.75, 3.05) is 31.1 Å². The molecule has 8 heteroatoms. The second-order valence-electron chi connectivity index (χ2n) is 10.7. The van der Waals surface area contributed by atoms with Crippen LogP contribution in [0.1, 0.15) is 63.2 Å². The molecular formula is C26H37N5O3. The lowest BCUT2D eigenvalue weighted by Crippen LogP contribution is -2.49. The maximum atomic E-state index is 12.9. The Morgan fingerprint density at radius 2 is 1.71 bits per heavy atom. The van der Waals surface area contributed by atoms with E-state index in [4.69, 9.17) is 4.98 Å². The number of hydrogen-bond donors (Lipinski definition) is 0. The van der Waals surface area contributed by atoms with Crippen LogP contribution in [0.15, 0.2) is 24.3 Å². The summed E-state index contributed by atoms with van der Waals surface area (Å²) in [6.45, 7) is 15.5. The number of rotatable bonds is 7. The smallest absolute Gasteiger partial charge is 0.269 e. The normalized spacial score (nSPS) is 15.4. The minimum absolute atomic E-state index is 0.0819. The number of carbonyl (C=O) groups excluding carboxylic acids is 1. The molecule has 0 radical (unpaired) electrons. The van der Waals surface area contributed by atoms with E-state index in [-0.39, 0.29) is 21.9 Å². The molecule has 0 spiro atoms. The molecule has 1 aromatic carbocycles. The fourth-order valence-corrected chi connectivity index (χ4v) is 4.84. The summed E-state index contributed by atoms with van der Waals surface area (Å²) in [5, 5.41) is 11.0. The van der Waals surface area contributed by atoms with E-state index in [2.05, 4.69) is 37.6 Å². The fourth-order valence-electron chi connectivity index (χ4n) is 4.84. The largest absolute Gasteiger partial charge is 0.353 e. The maximum Gasteiger partial charge on any atom is 0.269 e. The van der Waals surface area contributed by atoms with Crippen LogP contribution in [0.5, 0.6) is 0 Å². The van der Waals surface area contributed by atoms with Crippen LogP contribution in [0, 0.1) is 35.3 Å². The van der Waals surface area contributed by atoms with Gasteiger partial charge in [-0.25, -0.2) is 9.97 Å². The predicted molar refractivity (Wildman–Crippen MR) is 134 cm³/mol. The van der Waals surface area contributed by atoms with Crippen molar-refractivity contribution in [2.45, 2.75) is 60.8 Å². The van der Waals surface area contributed by atoms with E-state index in [1.165, 1.54) is 12.1 Å². The molecule has 1 aromatic heterocycles. The highest BCUT2D eigenvalue weighted by Gasteiger charge is 2.26. The third-order valence-corrected chi connectivity index (χ3v) is 6.25. The second-order valence-corrected chi connectivity index (χ2v) is 10.7. The Balaban J connectivity index is 1.70. The molecule has 1 fully saturated rings. The molecule has 34 heavy (non-hydrogen) atoms. The van der Waals surface area contributed by atoms with Crippen molar-refractivity contribution in [3.05, 3.63) is 57.0 Å². The number of amides is 1. The number of anilines is 1. The van der Waals surface area contributed by atoms with Gasteiger partial charge in [-0.1, -0.05) is 39.8 Å². The molecule has 0 N–H and O–H groups in total. The predicted octanol–water partition coefficient (Wildman–Crippen LogP) is 4.70. The first-order chi connectivity index (χ1) is 15.9. The number of nitro benzene ring substituents is 1. The molecule has 3 rings (SSSR count). The minimum atomic E-state index is -0.389. The fraction of sp³-hybridized carbons (Fsp3) is 0.577. The van der Waals surface area contributed by atoms with Gasteiger partial charge in [0.2, 0.25) is 5.91 Å². The molecule has 0 unspecified atom stereocenters. The average Bonchev–Trinajstić information content (AvgIpc) is 2.74. The first-order valence-corrected chi connectivity index (χ1v) is 12.0. The van der Waals surface area contributed by atoms with E-state index < -0.39 is 0 Å². The number of aromatic nitrogens is 2. The maximum absolute atomic E-state index is 12.9. The van der Waals surface area contributed by atoms with Gasteiger partial charge in [0.05, 0.1) is 4.92 Å². The Hall–Kier alpha value is -3.03. The first-order valence-electron chi connectivity index (χ1n) is 12.0. The summed E-state index contributed by atoms with van der Waals surface area (Å²) in [7, 11) is 0. The third-order valence-electron chi connectivity index (χ3n) is 6.25. The quantitative estimate of drug-likeness (QED) is 0.433. The Labute approximate surface area is 202 Å². The molecule has 0 aliphatic carbocycles. The molecule has 1 aliphatic heterocycles. The van der Waals surface area contributed by atoms with Crippen molar-refractivity contribution in [3.8, 4) is 0 Å². The van der Waals surface area contributed by atoms with Crippen LogP contribution in [0.2, 0.25) is 0 Å². The standard InChI is InChI=1S/C26H37N5O3/c1-18(17-26(4,5)6)15-24(32)29-11-13-30(14-12-29)25-23(19(2)27-20(3)28-25)16-21-7-9-22(10-8-21)31(33)34/h7-10,18H,11-17H2,1-6H3/t18-/m0/s1. The van der Waals surface area contributed by atoms with Gasteiger partial charge in [-0.15, -0.1) is 0 Å². The summed E-state index contributed by atoms with van der Waals surface area (Å²) < 4.78 is 0. The summed E-state index contributed by atoms with van der Waals surface area (Å²) in [4.78, 5) is 37.0. The zero-order valence-electron chi connectivity index (χ0n) is 21.3. The molecule has 1 amide bonds. The van der Waals surface area contributed by atoms with Gasteiger partial charge in [-0.2, -0.15) is 0 Å².